The van der Waals surface area contributed by atoms with Crippen molar-refractivity contribution in [2.45, 2.75) is 77.3 Å². The van der Waals surface area contributed by atoms with Crippen LogP contribution in [0.2, 0.25) is 0 Å². The summed E-state index contributed by atoms with van der Waals surface area (Å²) in [5.41, 5.74) is 2.16. The molecular weight excluding hydrogens is 292 g/mol. The molecule has 0 aliphatic carbocycles. The number of hydrogen-bond donors (Lipinski definition) is 0. The highest BCUT2D eigenvalue weighted by atomic mass is 32.2. The van der Waals surface area contributed by atoms with Gasteiger partial charge in [-0.15, -0.1) is 10.2 Å². The Hall–Kier alpha value is -1.10. The standard InChI is InChI=1S/C17H28N4S/c1-4-5-6-7-8-9-10-11-12-22-17-20-19-16-18-14(2)13-15(3)21(16)17/h13H,4-12H2,1-3H3. The Balaban J connectivity index is 1.70. The van der Waals surface area contributed by atoms with Crippen LogP contribution >= 0.6 is 11.8 Å². The van der Waals surface area contributed by atoms with Crippen LogP contribution in [-0.4, -0.2) is 25.3 Å². The van der Waals surface area contributed by atoms with Crippen LogP contribution in [0.4, 0.5) is 0 Å². The molecule has 0 spiro atoms. The third-order valence-corrected chi connectivity index (χ3v) is 4.91. The fraction of sp³-hybridized carbons (Fsp3) is 0.706. The lowest BCUT2D eigenvalue weighted by Gasteiger charge is -2.04. The Labute approximate surface area is 138 Å². The Morgan fingerprint density at radius 1 is 0.955 bits per heavy atom. The van der Waals surface area contributed by atoms with Gasteiger partial charge in [-0.2, -0.15) is 0 Å². The fourth-order valence-electron chi connectivity index (χ4n) is 2.69. The first kappa shape index (κ1) is 17.3. The van der Waals surface area contributed by atoms with Gasteiger partial charge in [0.2, 0.25) is 0 Å². The number of fused-ring (bicyclic) bond motifs is 1. The van der Waals surface area contributed by atoms with Gasteiger partial charge in [-0.3, -0.25) is 4.40 Å². The predicted octanol–water partition coefficient (Wildman–Crippen LogP) is 4.97. The maximum atomic E-state index is 4.43. The largest absolute Gasteiger partial charge is 0.259 e. The highest BCUT2D eigenvalue weighted by molar-refractivity contribution is 7.99. The van der Waals surface area contributed by atoms with Crippen LogP contribution in [0.15, 0.2) is 11.2 Å². The van der Waals surface area contributed by atoms with Crippen molar-refractivity contribution in [3.05, 3.63) is 17.5 Å². The molecule has 0 radical (unpaired) electrons. The highest BCUT2D eigenvalue weighted by Gasteiger charge is 2.09. The van der Waals surface area contributed by atoms with E-state index < -0.39 is 0 Å². The average molecular weight is 321 g/mol. The van der Waals surface area contributed by atoms with Gasteiger partial charge in [-0.05, 0) is 26.3 Å². The van der Waals surface area contributed by atoms with Crippen molar-refractivity contribution in [2.24, 2.45) is 0 Å². The summed E-state index contributed by atoms with van der Waals surface area (Å²) in [6.45, 7) is 6.35. The third-order valence-electron chi connectivity index (χ3n) is 3.89. The van der Waals surface area contributed by atoms with Crippen molar-refractivity contribution in [3.63, 3.8) is 0 Å². The first-order valence-electron chi connectivity index (χ1n) is 8.54. The van der Waals surface area contributed by atoms with E-state index in [1.165, 1.54) is 51.4 Å². The lowest BCUT2D eigenvalue weighted by atomic mass is 10.1. The minimum atomic E-state index is 0.718. The summed E-state index contributed by atoms with van der Waals surface area (Å²) in [7, 11) is 0. The van der Waals surface area contributed by atoms with Gasteiger partial charge < -0.3 is 0 Å². The van der Waals surface area contributed by atoms with Gasteiger partial charge in [0.25, 0.3) is 5.78 Å². The molecule has 0 aromatic carbocycles. The van der Waals surface area contributed by atoms with Gasteiger partial charge in [0.1, 0.15) is 0 Å². The second-order valence-electron chi connectivity index (χ2n) is 5.98. The van der Waals surface area contributed by atoms with E-state index in [4.69, 9.17) is 0 Å². The predicted molar refractivity (Wildman–Crippen MR) is 93.6 cm³/mol. The van der Waals surface area contributed by atoms with Crippen LogP contribution in [0.5, 0.6) is 0 Å². The van der Waals surface area contributed by atoms with Gasteiger partial charge in [-0.25, -0.2) is 4.98 Å². The van der Waals surface area contributed by atoms with E-state index >= 15 is 0 Å². The van der Waals surface area contributed by atoms with Gasteiger partial charge in [0.15, 0.2) is 5.16 Å². The lowest BCUT2D eigenvalue weighted by molar-refractivity contribution is 0.586. The smallest absolute Gasteiger partial charge is 0.256 e. The van der Waals surface area contributed by atoms with E-state index in [9.17, 15) is 0 Å². The van der Waals surface area contributed by atoms with Crippen molar-refractivity contribution in [1.29, 1.82) is 0 Å². The Morgan fingerprint density at radius 3 is 2.36 bits per heavy atom. The van der Waals surface area contributed by atoms with E-state index in [1.807, 2.05) is 6.92 Å². The zero-order chi connectivity index (χ0) is 15.8. The normalized spacial score (nSPS) is 11.4. The van der Waals surface area contributed by atoms with Crippen LogP contribution in [0.25, 0.3) is 5.78 Å². The molecule has 0 bridgehead atoms. The Bertz CT molecular complexity index is 579. The number of unbranched alkanes of at least 4 members (excludes halogenated alkanes) is 7. The molecule has 2 aromatic rings. The summed E-state index contributed by atoms with van der Waals surface area (Å²) >= 11 is 1.80. The molecule has 22 heavy (non-hydrogen) atoms. The van der Waals surface area contributed by atoms with E-state index in [0.717, 1.165) is 28.1 Å². The van der Waals surface area contributed by atoms with Gasteiger partial charge >= 0.3 is 0 Å². The third kappa shape index (κ3) is 4.97. The molecule has 4 nitrogen and oxygen atoms in total. The molecule has 0 unspecified atom stereocenters. The summed E-state index contributed by atoms with van der Waals surface area (Å²) in [5, 5.41) is 9.43. The van der Waals surface area contributed by atoms with E-state index in [0.29, 0.717) is 0 Å². The summed E-state index contributed by atoms with van der Waals surface area (Å²) in [6, 6.07) is 2.08. The molecule has 0 aliphatic rings. The Morgan fingerprint density at radius 2 is 1.64 bits per heavy atom. The van der Waals surface area contributed by atoms with E-state index in [2.05, 4.69) is 39.5 Å². The van der Waals surface area contributed by atoms with Crippen LogP contribution in [0.3, 0.4) is 0 Å². The molecule has 0 aliphatic heterocycles. The van der Waals surface area contributed by atoms with Crippen molar-refractivity contribution in [3.8, 4) is 0 Å². The molecule has 122 valence electrons. The number of nitrogens with zero attached hydrogens (tertiary/aromatic N) is 4. The SMILES string of the molecule is CCCCCCCCCCSc1nnc2nc(C)cc(C)n12. The van der Waals surface area contributed by atoms with E-state index in [1.54, 1.807) is 11.8 Å². The van der Waals surface area contributed by atoms with Crippen LogP contribution in [-0.2, 0) is 0 Å². The van der Waals surface area contributed by atoms with Crippen molar-refractivity contribution in [1.82, 2.24) is 19.6 Å². The fourth-order valence-corrected chi connectivity index (χ4v) is 3.68. The summed E-state index contributed by atoms with van der Waals surface area (Å²) in [6.07, 6.45) is 10.9. The lowest BCUT2D eigenvalue weighted by Crippen LogP contribution is -1.98. The maximum Gasteiger partial charge on any atom is 0.256 e. The van der Waals surface area contributed by atoms with Crippen LogP contribution in [0, 0.1) is 13.8 Å². The molecule has 0 saturated carbocycles. The van der Waals surface area contributed by atoms with Crippen molar-refractivity contribution < 1.29 is 0 Å². The molecule has 2 aromatic heterocycles. The quantitative estimate of drug-likeness (QED) is 0.458. The zero-order valence-corrected chi connectivity index (χ0v) is 15.0. The number of hydrogen-bond acceptors (Lipinski definition) is 4. The first-order valence-corrected chi connectivity index (χ1v) is 9.53. The number of thioether (sulfide) groups is 1. The summed E-state index contributed by atoms with van der Waals surface area (Å²) in [5.74, 6) is 1.83. The second-order valence-corrected chi connectivity index (χ2v) is 7.04. The topological polar surface area (TPSA) is 43.1 Å². The zero-order valence-electron chi connectivity index (χ0n) is 14.1. The number of aryl methyl sites for hydroxylation is 2. The molecule has 0 amide bonds. The van der Waals surface area contributed by atoms with Gasteiger partial charge in [0, 0.05) is 17.1 Å². The second kappa shape index (κ2) is 9.13. The van der Waals surface area contributed by atoms with Gasteiger partial charge in [0.05, 0.1) is 0 Å². The number of rotatable bonds is 10. The molecule has 5 heteroatoms. The maximum absolute atomic E-state index is 4.43. The van der Waals surface area contributed by atoms with Gasteiger partial charge in [-0.1, -0.05) is 63.6 Å². The average Bonchev–Trinajstić information content (AvgIpc) is 2.88. The first-order chi connectivity index (χ1) is 10.7. The van der Waals surface area contributed by atoms with E-state index in [-0.39, 0.29) is 0 Å². The summed E-state index contributed by atoms with van der Waals surface area (Å²) < 4.78 is 2.06. The molecule has 0 N–H and O–H groups in total. The molecule has 0 atom stereocenters. The van der Waals surface area contributed by atoms with Crippen LogP contribution in [0.1, 0.15) is 69.7 Å². The van der Waals surface area contributed by atoms with Crippen molar-refractivity contribution in [2.75, 3.05) is 5.75 Å². The molecule has 2 heterocycles. The molecular formula is C17H28N4S. The minimum Gasteiger partial charge on any atom is -0.259 e. The summed E-state index contributed by atoms with van der Waals surface area (Å²) in [4.78, 5) is 4.43. The number of aromatic nitrogens is 4. The minimum absolute atomic E-state index is 0.718. The Kier molecular flexibility index (Phi) is 7.16. The van der Waals surface area contributed by atoms with Crippen LogP contribution < -0.4 is 0 Å². The monoisotopic (exact) mass is 320 g/mol. The molecule has 0 saturated heterocycles. The molecule has 0 fully saturated rings. The molecule has 2 rings (SSSR count). The highest BCUT2D eigenvalue weighted by Crippen LogP contribution is 2.20. The van der Waals surface area contributed by atoms with Crippen molar-refractivity contribution >= 4 is 17.5 Å².